The molecule has 31 heavy (non-hydrogen) atoms. The van der Waals surface area contributed by atoms with E-state index in [0.717, 1.165) is 4.90 Å². The Labute approximate surface area is 178 Å². The summed E-state index contributed by atoms with van der Waals surface area (Å²) < 4.78 is 18.3. The Bertz CT molecular complexity index is 1070. The summed E-state index contributed by atoms with van der Waals surface area (Å²) in [5.41, 5.74) is 0.840. The van der Waals surface area contributed by atoms with Crippen LogP contribution in [-0.2, 0) is 9.53 Å². The molecule has 4 rings (SSSR count). The zero-order valence-electron chi connectivity index (χ0n) is 17.0. The number of anilines is 1. The van der Waals surface area contributed by atoms with Crippen molar-refractivity contribution < 1.29 is 28.3 Å². The molecule has 2 aromatic rings. The number of imide groups is 1. The second kappa shape index (κ2) is 8.29. The third-order valence-electron chi connectivity index (χ3n) is 5.55. The molecule has 0 saturated carbocycles. The third-order valence-corrected chi connectivity index (χ3v) is 5.55. The van der Waals surface area contributed by atoms with E-state index in [2.05, 4.69) is 0 Å². The number of esters is 1. The Morgan fingerprint density at radius 3 is 2.48 bits per heavy atom. The van der Waals surface area contributed by atoms with Crippen LogP contribution in [0.4, 0.5) is 10.1 Å². The van der Waals surface area contributed by atoms with E-state index >= 15 is 0 Å². The molecule has 2 aliphatic heterocycles. The van der Waals surface area contributed by atoms with Crippen molar-refractivity contribution in [3.8, 4) is 0 Å². The quantitative estimate of drug-likeness (QED) is 0.557. The van der Waals surface area contributed by atoms with Crippen LogP contribution in [-0.4, -0.2) is 48.3 Å². The highest BCUT2D eigenvalue weighted by molar-refractivity contribution is 6.34. The number of hydrogen-bond donors (Lipinski definition) is 0. The number of rotatable bonds is 4. The minimum Gasteiger partial charge on any atom is -0.466 e. The number of hydrogen-bond acceptors (Lipinski definition) is 5. The SMILES string of the molecule is CCOC(=O)C1CCCN(C(=O)c2ccc3c(c2)C(=O)N(c2ccc(F)cc2)C3=O)C1. The third kappa shape index (κ3) is 3.81. The van der Waals surface area contributed by atoms with Gasteiger partial charge in [0.05, 0.1) is 29.3 Å². The van der Waals surface area contributed by atoms with Crippen LogP contribution in [0.2, 0.25) is 0 Å². The predicted octanol–water partition coefficient (Wildman–Crippen LogP) is 3.04. The summed E-state index contributed by atoms with van der Waals surface area (Å²) in [5, 5.41) is 0. The largest absolute Gasteiger partial charge is 0.466 e. The maximum atomic E-state index is 13.2. The van der Waals surface area contributed by atoms with Crippen LogP contribution in [0.25, 0.3) is 0 Å². The highest BCUT2D eigenvalue weighted by Crippen LogP contribution is 2.30. The molecule has 0 bridgehead atoms. The van der Waals surface area contributed by atoms with Crippen LogP contribution >= 0.6 is 0 Å². The minimum absolute atomic E-state index is 0.124. The predicted molar refractivity (Wildman–Crippen MR) is 109 cm³/mol. The molecule has 0 aliphatic carbocycles. The van der Waals surface area contributed by atoms with Crippen molar-refractivity contribution in [2.45, 2.75) is 19.8 Å². The van der Waals surface area contributed by atoms with Crippen molar-refractivity contribution >= 4 is 29.4 Å². The van der Waals surface area contributed by atoms with Crippen LogP contribution in [0.1, 0.15) is 50.8 Å². The van der Waals surface area contributed by atoms with E-state index < -0.39 is 17.6 Å². The number of benzene rings is 2. The van der Waals surface area contributed by atoms with Crippen LogP contribution in [0.15, 0.2) is 42.5 Å². The lowest BCUT2D eigenvalue weighted by atomic mass is 9.97. The lowest BCUT2D eigenvalue weighted by Gasteiger charge is -2.31. The van der Waals surface area contributed by atoms with E-state index in [0.29, 0.717) is 19.4 Å². The molecule has 1 fully saturated rings. The van der Waals surface area contributed by atoms with E-state index in [1.807, 2.05) is 0 Å². The summed E-state index contributed by atoms with van der Waals surface area (Å²) in [6.07, 6.45) is 1.34. The summed E-state index contributed by atoms with van der Waals surface area (Å²) in [7, 11) is 0. The molecule has 160 valence electrons. The van der Waals surface area contributed by atoms with E-state index in [9.17, 15) is 23.6 Å². The number of piperidine rings is 1. The molecular formula is C23H21FN2O5. The van der Waals surface area contributed by atoms with Crippen LogP contribution in [0, 0.1) is 11.7 Å². The molecule has 0 aromatic heterocycles. The molecule has 1 saturated heterocycles. The lowest BCUT2D eigenvalue weighted by Crippen LogP contribution is -2.42. The fraction of sp³-hybridized carbons (Fsp3) is 0.304. The highest BCUT2D eigenvalue weighted by atomic mass is 19.1. The zero-order valence-corrected chi connectivity index (χ0v) is 17.0. The lowest BCUT2D eigenvalue weighted by molar-refractivity contribution is -0.149. The van der Waals surface area contributed by atoms with Gasteiger partial charge in [0.25, 0.3) is 17.7 Å². The van der Waals surface area contributed by atoms with Gasteiger partial charge >= 0.3 is 5.97 Å². The van der Waals surface area contributed by atoms with E-state index in [-0.39, 0.29) is 53.3 Å². The van der Waals surface area contributed by atoms with Gasteiger partial charge in [0.2, 0.25) is 0 Å². The van der Waals surface area contributed by atoms with Gasteiger partial charge in [-0.05, 0) is 62.2 Å². The summed E-state index contributed by atoms with van der Waals surface area (Å²) in [6, 6.07) is 9.43. The highest BCUT2D eigenvalue weighted by Gasteiger charge is 2.38. The number of carbonyl (C=O) groups excluding carboxylic acids is 4. The summed E-state index contributed by atoms with van der Waals surface area (Å²) in [5.74, 6) is -2.56. The molecule has 1 atom stereocenters. The topological polar surface area (TPSA) is 84.0 Å². The number of likely N-dealkylation sites (tertiary alicyclic amines) is 1. The monoisotopic (exact) mass is 424 g/mol. The first-order chi connectivity index (χ1) is 14.9. The molecule has 0 spiro atoms. The average molecular weight is 424 g/mol. The summed E-state index contributed by atoms with van der Waals surface area (Å²) in [4.78, 5) is 53.2. The Balaban J connectivity index is 1.56. The average Bonchev–Trinajstić information content (AvgIpc) is 3.04. The van der Waals surface area contributed by atoms with Crippen molar-refractivity contribution in [1.29, 1.82) is 0 Å². The van der Waals surface area contributed by atoms with Crippen LogP contribution in [0.5, 0.6) is 0 Å². The van der Waals surface area contributed by atoms with Gasteiger partial charge in [0, 0.05) is 18.7 Å². The van der Waals surface area contributed by atoms with Gasteiger partial charge in [0.1, 0.15) is 5.82 Å². The van der Waals surface area contributed by atoms with Crippen molar-refractivity contribution in [2.24, 2.45) is 5.92 Å². The van der Waals surface area contributed by atoms with Crippen molar-refractivity contribution in [3.63, 3.8) is 0 Å². The summed E-state index contributed by atoms with van der Waals surface area (Å²) in [6.45, 7) is 2.78. The molecule has 8 heteroatoms. The molecular weight excluding hydrogens is 403 g/mol. The maximum Gasteiger partial charge on any atom is 0.310 e. The van der Waals surface area contributed by atoms with Crippen LogP contribution < -0.4 is 4.90 Å². The Hall–Kier alpha value is -3.55. The number of carbonyl (C=O) groups is 4. The summed E-state index contributed by atoms with van der Waals surface area (Å²) >= 11 is 0. The van der Waals surface area contributed by atoms with E-state index in [1.54, 1.807) is 11.8 Å². The smallest absolute Gasteiger partial charge is 0.310 e. The normalized spacial score (nSPS) is 18.2. The first kappa shape index (κ1) is 20.7. The zero-order chi connectivity index (χ0) is 22.1. The van der Waals surface area contributed by atoms with E-state index in [1.165, 1.54) is 42.5 Å². The molecule has 0 N–H and O–H groups in total. The molecule has 3 amide bonds. The van der Waals surface area contributed by atoms with Gasteiger partial charge in [-0.2, -0.15) is 0 Å². The fourth-order valence-corrected chi connectivity index (χ4v) is 4.00. The minimum atomic E-state index is -0.565. The molecule has 1 unspecified atom stereocenters. The number of ether oxygens (including phenoxy) is 1. The molecule has 7 nitrogen and oxygen atoms in total. The number of nitrogens with zero attached hydrogens (tertiary/aromatic N) is 2. The van der Waals surface area contributed by atoms with Crippen molar-refractivity contribution in [2.75, 3.05) is 24.6 Å². The Morgan fingerprint density at radius 2 is 1.77 bits per heavy atom. The van der Waals surface area contributed by atoms with Gasteiger partial charge < -0.3 is 9.64 Å². The molecule has 2 aliphatic rings. The van der Waals surface area contributed by atoms with Gasteiger partial charge in [-0.1, -0.05) is 0 Å². The van der Waals surface area contributed by atoms with Crippen molar-refractivity contribution in [3.05, 3.63) is 65.0 Å². The van der Waals surface area contributed by atoms with Gasteiger partial charge in [-0.25, -0.2) is 9.29 Å². The first-order valence-electron chi connectivity index (χ1n) is 10.1. The number of fused-ring (bicyclic) bond motifs is 1. The molecule has 2 aromatic carbocycles. The number of amides is 3. The number of halogens is 1. The Kier molecular flexibility index (Phi) is 5.54. The maximum absolute atomic E-state index is 13.2. The second-order valence-electron chi connectivity index (χ2n) is 7.52. The van der Waals surface area contributed by atoms with Gasteiger partial charge in [-0.15, -0.1) is 0 Å². The first-order valence-corrected chi connectivity index (χ1v) is 10.1. The van der Waals surface area contributed by atoms with E-state index in [4.69, 9.17) is 4.74 Å². The molecule has 0 radical (unpaired) electrons. The second-order valence-corrected chi connectivity index (χ2v) is 7.52. The van der Waals surface area contributed by atoms with Gasteiger partial charge in [-0.3, -0.25) is 19.2 Å². The molecule has 2 heterocycles. The fourth-order valence-electron chi connectivity index (χ4n) is 4.00. The van der Waals surface area contributed by atoms with Gasteiger partial charge in [0.15, 0.2) is 0 Å². The Morgan fingerprint density at radius 1 is 1.06 bits per heavy atom. The standard InChI is InChI=1S/C23H21FN2O5/c1-2-31-23(30)15-4-3-11-25(13-15)20(27)14-5-10-18-19(12-14)22(29)26(21(18)28)17-8-6-16(24)7-9-17/h5-10,12,15H,2-4,11,13H2,1H3. The van der Waals surface area contributed by atoms with Crippen molar-refractivity contribution in [1.82, 2.24) is 4.90 Å². The van der Waals surface area contributed by atoms with Crippen LogP contribution in [0.3, 0.4) is 0 Å².